The lowest BCUT2D eigenvalue weighted by molar-refractivity contribution is -0.111. The van der Waals surface area contributed by atoms with Gasteiger partial charge in [0.05, 0.1) is 6.84 Å². The Hall–Kier alpha value is -3.63. The predicted octanol–water partition coefficient (Wildman–Crippen LogP) is 11.7. The number of benzene rings is 4. The molecule has 0 saturated carbocycles. The van der Waals surface area contributed by atoms with Gasteiger partial charge < -0.3 is 10.6 Å². The van der Waals surface area contributed by atoms with Crippen molar-refractivity contribution in [1.29, 1.82) is 0 Å². The first-order chi connectivity index (χ1) is 25.3. The van der Waals surface area contributed by atoms with E-state index in [-0.39, 0.29) is 12.6 Å². The van der Waals surface area contributed by atoms with Crippen LogP contribution in [0.3, 0.4) is 0 Å². The summed E-state index contributed by atoms with van der Waals surface area (Å²) in [6.07, 6.45) is 20.0. The Morgan fingerprint density at radius 1 is 0.615 bits per heavy atom. The Balaban J connectivity index is 1.12. The van der Waals surface area contributed by atoms with Crippen molar-refractivity contribution in [3.05, 3.63) is 192 Å². The third kappa shape index (κ3) is 9.11. The number of carbonyl (C=O) groups excluding carboxylic acids is 1. The molecule has 2 atom stereocenters. The maximum atomic E-state index is 13.8. The number of halogens is 2. The number of hydrogen-bond acceptors (Lipinski definition) is 3. The maximum absolute atomic E-state index is 13.8. The van der Waals surface area contributed by atoms with E-state index in [1.807, 2.05) is 24.3 Å². The largest absolute Gasteiger partial charge is 0.312 e. The van der Waals surface area contributed by atoms with E-state index in [2.05, 4.69) is 190 Å². The average Bonchev–Trinajstić information content (AvgIpc) is 3.19. The number of nitrogens with one attached hydrogen (secondary N) is 2. The van der Waals surface area contributed by atoms with Crippen LogP contribution < -0.4 is 10.6 Å². The van der Waals surface area contributed by atoms with Gasteiger partial charge in [-0.1, -0.05) is 191 Å². The second-order valence-electron chi connectivity index (χ2n) is 13.4. The molecule has 5 heteroatoms. The molecule has 0 bridgehead atoms. The molecular weight excluding hydrogens is 862 g/mol. The molecule has 0 aromatic heterocycles. The normalized spacial score (nSPS) is 19.5. The van der Waals surface area contributed by atoms with Gasteiger partial charge in [0.1, 0.15) is 0 Å². The van der Waals surface area contributed by atoms with Crippen LogP contribution in [0.1, 0.15) is 47.9 Å². The number of rotatable bonds is 16. The van der Waals surface area contributed by atoms with Crippen LogP contribution in [0.25, 0.3) is 22.3 Å². The summed E-state index contributed by atoms with van der Waals surface area (Å²) >= 11 is 5.12. The first kappa shape index (κ1) is 38.1. The molecule has 2 N–H and O–H groups in total. The molecule has 0 spiro atoms. The van der Waals surface area contributed by atoms with Crippen LogP contribution in [0.4, 0.5) is 0 Å². The average molecular weight is 909 g/mol. The van der Waals surface area contributed by atoms with Gasteiger partial charge in [-0.05, 0) is 83.3 Å². The van der Waals surface area contributed by atoms with Gasteiger partial charge in [0.25, 0.3) is 0 Å². The van der Waals surface area contributed by atoms with Crippen molar-refractivity contribution < 1.29 is 4.79 Å². The molecule has 2 unspecified atom stereocenters. The van der Waals surface area contributed by atoms with Crippen molar-refractivity contribution in [2.45, 2.75) is 45.6 Å². The van der Waals surface area contributed by atoms with Crippen molar-refractivity contribution in [2.24, 2.45) is 0 Å². The molecule has 0 amide bonds. The summed E-state index contributed by atoms with van der Waals surface area (Å²) in [5.41, 5.74) is 11.4. The van der Waals surface area contributed by atoms with Crippen LogP contribution in [0, 0.1) is 0 Å². The highest BCUT2D eigenvalue weighted by Crippen LogP contribution is 2.47. The third-order valence-corrected chi connectivity index (χ3v) is 12.6. The van der Waals surface area contributed by atoms with Gasteiger partial charge >= 0.3 is 0 Å². The van der Waals surface area contributed by atoms with E-state index in [1.54, 1.807) is 0 Å². The fourth-order valence-electron chi connectivity index (χ4n) is 6.81. The van der Waals surface area contributed by atoms with E-state index in [4.69, 9.17) is 0 Å². The predicted molar refractivity (Wildman–Crippen MR) is 237 cm³/mol. The minimum Gasteiger partial charge on any atom is -0.312 e. The molecule has 0 saturated heterocycles. The summed E-state index contributed by atoms with van der Waals surface area (Å²) in [5.74, 6) is 0.0838. The SMILES string of the molecule is C=CCCNCc1ccc(-c2ccccc2C2(I)C=CC(C(=O)C3=CCC(I)(c4ccccc4-c4ccc(CNCCC=C)cc4)C=C3)=CC2)cc1. The molecule has 2 aliphatic rings. The van der Waals surface area contributed by atoms with Crippen molar-refractivity contribution in [1.82, 2.24) is 10.6 Å². The van der Waals surface area contributed by atoms with E-state index < -0.39 is 0 Å². The quantitative estimate of drug-likeness (QED) is 0.0509. The van der Waals surface area contributed by atoms with E-state index in [0.29, 0.717) is 0 Å². The molecule has 264 valence electrons. The maximum Gasteiger partial charge on any atom is 0.192 e. The number of Topliss-reactive ketones (excluding diaryl/α,β-unsaturated/α-hetero) is 1. The Bertz CT molecular complexity index is 1880. The minimum absolute atomic E-state index is 0.0838. The summed E-state index contributed by atoms with van der Waals surface area (Å²) in [7, 11) is 0. The van der Waals surface area contributed by atoms with E-state index >= 15 is 0 Å². The fourth-order valence-corrected chi connectivity index (χ4v) is 8.55. The van der Waals surface area contributed by atoms with Crippen LogP contribution in [0.2, 0.25) is 0 Å². The number of ketones is 1. The van der Waals surface area contributed by atoms with Crippen LogP contribution >= 0.6 is 45.2 Å². The summed E-state index contributed by atoms with van der Waals surface area (Å²) < 4.78 is -0.498. The number of allylic oxidation sites excluding steroid dienone is 8. The van der Waals surface area contributed by atoms with Crippen LogP contribution in [0.5, 0.6) is 0 Å². The highest BCUT2D eigenvalue weighted by Gasteiger charge is 2.33. The molecule has 0 aliphatic heterocycles. The molecule has 4 aromatic rings. The fraction of sp³-hybridized carbons (Fsp3) is 0.213. The van der Waals surface area contributed by atoms with Crippen molar-refractivity contribution in [3.8, 4) is 22.3 Å². The lowest BCUT2D eigenvalue weighted by Gasteiger charge is -2.30. The Morgan fingerprint density at radius 3 is 1.38 bits per heavy atom. The van der Waals surface area contributed by atoms with Gasteiger partial charge in [-0.2, -0.15) is 0 Å². The second kappa shape index (κ2) is 17.9. The van der Waals surface area contributed by atoms with Crippen molar-refractivity contribution in [3.63, 3.8) is 0 Å². The van der Waals surface area contributed by atoms with Crippen molar-refractivity contribution in [2.75, 3.05) is 13.1 Å². The number of carbonyl (C=O) groups is 1. The van der Waals surface area contributed by atoms with Crippen LogP contribution in [-0.4, -0.2) is 18.9 Å². The monoisotopic (exact) mass is 908 g/mol. The highest BCUT2D eigenvalue weighted by molar-refractivity contribution is 14.1. The number of hydrogen-bond donors (Lipinski definition) is 2. The summed E-state index contributed by atoms with van der Waals surface area (Å²) in [5, 5.41) is 6.94. The standard InChI is InChI=1S/C47H46I2N2O/c1-3-5-31-50-33-35-15-19-37(20-16-35)41-11-7-9-13-43(41)46(48)27-23-39(24-28-46)45(52)40-25-29-47(49,30-26-40)44-14-10-8-12-42(44)38-21-17-36(18-22-38)34-51-32-6-4-2/h3-4,7-27,29,50-51H,1-2,5-6,28,30-34H2. The molecule has 2 aliphatic carbocycles. The smallest absolute Gasteiger partial charge is 0.192 e. The molecule has 0 radical (unpaired) electrons. The summed E-state index contributed by atoms with van der Waals surface area (Å²) in [6.45, 7) is 11.2. The topological polar surface area (TPSA) is 41.1 Å². The lowest BCUT2D eigenvalue weighted by atomic mass is 9.82. The number of alkyl halides is 2. The summed E-state index contributed by atoms with van der Waals surface area (Å²) in [6, 6.07) is 35.0. The zero-order valence-electron chi connectivity index (χ0n) is 29.6. The van der Waals surface area contributed by atoms with Crippen LogP contribution in [-0.2, 0) is 24.7 Å². The zero-order chi connectivity index (χ0) is 36.4. The Labute approximate surface area is 337 Å². The molecule has 6 rings (SSSR count). The molecule has 4 aromatic carbocycles. The van der Waals surface area contributed by atoms with Gasteiger partial charge in [-0.15, -0.1) is 13.2 Å². The first-order valence-electron chi connectivity index (χ1n) is 18.1. The third-order valence-electron chi connectivity index (χ3n) is 9.80. The molecule has 3 nitrogen and oxygen atoms in total. The molecular formula is C47H46I2N2O. The second-order valence-corrected chi connectivity index (χ2v) is 17.3. The Kier molecular flexibility index (Phi) is 13.1. The molecule has 0 fully saturated rings. The van der Waals surface area contributed by atoms with Gasteiger partial charge in [0, 0.05) is 24.2 Å². The van der Waals surface area contributed by atoms with E-state index in [9.17, 15) is 4.79 Å². The summed E-state index contributed by atoms with van der Waals surface area (Å²) in [4.78, 5) is 13.8. The van der Waals surface area contributed by atoms with Gasteiger partial charge in [0.2, 0.25) is 0 Å². The minimum atomic E-state index is -0.249. The van der Waals surface area contributed by atoms with Gasteiger partial charge in [-0.3, -0.25) is 4.79 Å². The molecule has 52 heavy (non-hydrogen) atoms. The highest BCUT2D eigenvalue weighted by atomic mass is 127. The van der Waals surface area contributed by atoms with Gasteiger partial charge in [0.15, 0.2) is 5.78 Å². The lowest BCUT2D eigenvalue weighted by Crippen LogP contribution is -2.21. The van der Waals surface area contributed by atoms with Gasteiger partial charge in [-0.25, -0.2) is 0 Å². The van der Waals surface area contributed by atoms with E-state index in [0.717, 1.165) is 63.0 Å². The van der Waals surface area contributed by atoms with Crippen LogP contribution in [0.15, 0.2) is 170 Å². The zero-order valence-corrected chi connectivity index (χ0v) is 33.9. The molecule has 0 heterocycles. The Morgan fingerprint density at radius 2 is 1.02 bits per heavy atom. The first-order valence-corrected chi connectivity index (χ1v) is 20.2. The van der Waals surface area contributed by atoms with E-state index in [1.165, 1.54) is 44.5 Å². The van der Waals surface area contributed by atoms with Crippen molar-refractivity contribution >= 4 is 51.0 Å².